The highest BCUT2D eigenvalue weighted by Gasteiger charge is 2.28. The van der Waals surface area contributed by atoms with E-state index in [1.165, 1.54) is 12.1 Å². The first kappa shape index (κ1) is 14.6. The van der Waals surface area contributed by atoms with Gasteiger partial charge in [-0.25, -0.2) is 4.39 Å². The Morgan fingerprint density at radius 1 is 1.47 bits per heavy atom. The van der Waals surface area contributed by atoms with Gasteiger partial charge in [-0.15, -0.1) is 0 Å². The number of halogens is 2. The van der Waals surface area contributed by atoms with Crippen molar-refractivity contribution in [3.8, 4) is 0 Å². The lowest BCUT2D eigenvalue weighted by atomic mass is 9.92. The molecule has 1 unspecified atom stereocenters. The fourth-order valence-electron chi connectivity index (χ4n) is 1.74. The van der Waals surface area contributed by atoms with Crippen LogP contribution in [0, 0.1) is 5.82 Å². The van der Waals surface area contributed by atoms with E-state index in [2.05, 4.69) is 21.2 Å². The predicted molar refractivity (Wildman–Crippen MR) is 71.7 cm³/mol. The summed E-state index contributed by atoms with van der Waals surface area (Å²) in [7, 11) is 3.60. The van der Waals surface area contributed by atoms with Crippen molar-refractivity contribution in [3.05, 3.63) is 34.1 Å². The first-order chi connectivity index (χ1) is 7.90. The molecule has 1 aromatic rings. The summed E-state index contributed by atoms with van der Waals surface area (Å²) in [5.74, 6) is -0.229. The minimum atomic E-state index is -0.275. The summed E-state index contributed by atoms with van der Waals surface area (Å²) in [4.78, 5) is 0. The van der Waals surface area contributed by atoms with Crippen LogP contribution < -0.4 is 5.32 Å². The van der Waals surface area contributed by atoms with E-state index in [0.717, 1.165) is 16.5 Å². The van der Waals surface area contributed by atoms with Crippen LogP contribution in [0.4, 0.5) is 4.39 Å². The van der Waals surface area contributed by atoms with Gasteiger partial charge in [-0.3, -0.25) is 0 Å². The van der Waals surface area contributed by atoms with Crippen molar-refractivity contribution >= 4 is 15.9 Å². The van der Waals surface area contributed by atoms with Crippen LogP contribution in [-0.2, 0) is 11.2 Å². The Labute approximate surface area is 111 Å². The van der Waals surface area contributed by atoms with E-state index < -0.39 is 0 Å². The number of hydrogen-bond donors (Lipinski definition) is 1. The Balaban J connectivity index is 2.88. The molecule has 1 atom stereocenters. The second-order valence-corrected chi connectivity index (χ2v) is 5.44. The average molecular weight is 304 g/mol. The van der Waals surface area contributed by atoms with Gasteiger partial charge in [-0.2, -0.15) is 0 Å². The van der Waals surface area contributed by atoms with E-state index in [1.54, 1.807) is 13.2 Å². The fraction of sp³-hybridized carbons (Fsp3) is 0.538. The van der Waals surface area contributed by atoms with Crippen LogP contribution in [0.5, 0.6) is 0 Å². The van der Waals surface area contributed by atoms with Crippen LogP contribution in [-0.4, -0.2) is 25.8 Å². The van der Waals surface area contributed by atoms with Crippen LogP contribution in [0.2, 0.25) is 0 Å². The van der Waals surface area contributed by atoms with E-state index >= 15 is 0 Å². The Morgan fingerprint density at radius 2 is 2.12 bits per heavy atom. The molecule has 0 aromatic heterocycles. The maximum absolute atomic E-state index is 13.0. The number of methoxy groups -OCH3 is 1. The summed E-state index contributed by atoms with van der Waals surface area (Å²) in [6, 6.07) is 4.93. The standard InChI is InChI=1S/C13H19BrFNO/c1-13(2,17-4)12(16-3)7-9-5-6-10(15)8-11(9)14/h5-6,8,12,16H,7H2,1-4H3. The molecule has 0 aliphatic rings. The van der Waals surface area contributed by atoms with Crippen molar-refractivity contribution in [1.82, 2.24) is 5.32 Å². The minimum absolute atomic E-state index is 0.161. The van der Waals surface area contributed by atoms with Gasteiger partial charge in [-0.1, -0.05) is 22.0 Å². The highest BCUT2D eigenvalue weighted by molar-refractivity contribution is 9.10. The van der Waals surface area contributed by atoms with Crippen LogP contribution in [0.25, 0.3) is 0 Å². The zero-order valence-corrected chi connectivity index (χ0v) is 12.3. The molecule has 0 spiro atoms. The Morgan fingerprint density at radius 3 is 2.59 bits per heavy atom. The SMILES string of the molecule is CNC(Cc1ccc(F)cc1Br)C(C)(C)OC. The average Bonchev–Trinajstić information content (AvgIpc) is 2.27. The smallest absolute Gasteiger partial charge is 0.124 e. The van der Waals surface area contributed by atoms with Gasteiger partial charge in [0.1, 0.15) is 5.82 Å². The molecule has 0 saturated heterocycles. The second kappa shape index (κ2) is 5.94. The number of likely N-dealkylation sites (N-methyl/N-ethyl adjacent to an activating group) is 1. The highest BCUT2D eigenvalue weighted by atomic mass is 79.9. The summed E-state index contributed by atoms with van der Waals surface area (Å²) in [6.45, 7) is 4.07. The Bertz CT molecular complexity index is 382. The fourth-order valence-corrected chi connectivity index (χ4v) is 2.26. The zero-order chi connectivity index (χ0) is 13.1. The molecule has 0 bridgehead atoms. The minimum Gasteiger partial charge on any atom is -0.377 e. The lowest BCUT2D eigenvalue weighted by molar-refractivity contribution is -0.00801. The molecule has 0 saturated carbocycles. The lowest BCUT2D eigenvalue weighted by Gasteiger charge is -2.33. The third kappa shape index (κ3) is 3.76. The van der Waals surface area contributed by atoms with E-state index in [-0.39, 0.29) is 17.5 Å². The first-order valence-electron chi connectivity index (χ1n) is 5.57. The third-order valence-corrected chi connectivity index (χ3v) is 3.89. The Hall–Kier alpha value is -0.450. The highest BCUT2D eigenvalue weighted by Crippen LogP contribution is 2.23. The third-order valence-electron chi connectivity index (χ3n) is 3.15. The number of benzene rings is 1. The largest absolute Gasteiger partial charge is 0.377 e. The van der Waals surface area contributed by atoms with E-state index in [1.807, 2.05) is 20.9 Å². The van der Waals surface area contributed by atoms with Crippen molar-refractivity contribution in [2.45, 2.75) is 31.9 Å². The van der Waals surface area contributed by atoms with Crippen molar-refractivity contribution in [3.63, 3.8) is 0 Å². The summed E-state index contributed by atoms with van der Waals surface area (Å²) < 4.78 is 19.3. The van der Waals surface area contributed by atoms with Crippen LogP contribution in [0.3, 0.4) is 0 Å². The molecule has 0 radical (unpaired) electrons. The maximum atomic E-state index is 13.0. The molecule has 1 N–H and O–H groups in total. The quantitative estimate of drug-likeness (QED) is 0.902. The van der Waals surface area contributed by atoms with Crippen LogP contribution >= 0.6 is 15.9 Å². The van der Waals surface area contributed by atoms with Gasteiger partial charge in [-0.05, 0) is 45.0 Å². The molecular formula is C13H19BrFNO. The predicted octanol–water partition coefficient (Wildman–Crippen LogP) is 3.14. The Kier molecular flexibility index (Phi) is 5.10. The molecule has 17 heavy (non-hydrogen) atoms. The molecule has 0 amide bonds. The summed E-state index contributed by atoms with van der Waals surface area (Å²) in [5, 5.41) is 3.24. The van der Waals surface area contributed by atoms with Gasteiger partial charge in [0.15, 0.2) is 0 Å². The van der Waals surface area contributed by atoms with Gasteiger partial charge >= 0.3 is 0 Å². The molecule has 1 aromatic carbocycles. The van der Waals surface area contributed by atoms with Gasteiger partial charge < -0.3 is 10.1 Å². The molecule has 2 nitrogen and oxygen atoms in total. The first-order valence-corrected chi connectivity index (χ1v) is 6.36. The molecule has 0 aliphatic carbocycles. The number of rotatable bonds is 5. The maximum Gasteiger partial charge on any atom is 0.124 e. The van der Waals surface area contributed by atoms with Crippen molar-refractivity contribution in [2.75, 3.05) is 14.2 Å². The molecule has 0 heterocycles. The number of nitrogens with one attached hydrogen (secondary N) is 1. The van der Waals surface area contributed by atoms with E-state index in [4.69, 9.17) is 4.74 Å². The van der Waals surface area contributed by atoms with Gasteiger partial charge in [0.2, 0.25) is 0 Å². The molecule has 96 valence electrons. The van der Waals surface area contributed by atoms with Crippen molar-refractivity contribution in [1.29, 1.82) is 0 Å². The van der Waals surface area contributed by atoms with Gasteiger partial charge in [0, 0.05) is 17.6 Å². The number of ether oxygens (including phenoxy) is 1. The molecule has 0 aliphatic heterocycles. The molecule has 0 fully saturated rings. The van der Waals surface area contributed by atoms with Gasteiger partial charge in [0.05, 0.1) is 5.60 Å². The summed E-state index contributed by atoms with van der Waals surface area (Å²) >= 11 is 3.38. The molecular weight excluding hydrogens is 285 g/mol. The lowest BCUT2D eigenvalue weighted by Crippen LogP contribution is -2.48. The monoisotopic (exact) mass is 303 g/mol. The second-order valence-electron chi connectivity index (χ2n) is 4.59. The summed E-state index contributed by atoms with van der Waals surface area (Å²) in [5.41, 5.74) is 0.790. The molecule has 1 rings (SSSR count). The topological polar surface area (TPSA) is 21.3 Å². The van der Waals surface area contributed by atoms with Gasteiger partial charge in [0.25, 0.3) is 0 Å². The number of hydrogen-bond acceptors (Lipinski definition) is 2. The molecule has 4 heteroatoms. The van der Waals surface area contributed by atoms with E-state index in [0.29, 0.717) is 0 Å². The van der Waals surface area contributed by atoms with Crippen LogP contribution in [0.15, 0.2) is 22.7 Å². The van der Waals surface area contributed by atoms with Crippen molar-refractivity contribution < 1.29 is 9.13 Å². The van der Waals surface area contributed by atoms with E-state index in [9.17, 15) is 4.39 Å². The van der Waals surface area contributed by atoms with Crippen LogP contribution in [0.1, 0.15) is 19.4 Å². The van der Waals surface area contributed by atoms with Crippen molar-refractivity contribution in [2.24, 2.45) is 0 Å². The zero-order valence-electron chi connectivity index (χ0n) is 10.7. The summed E-state index contributed by atoms with van der Waals surface area (Å²) in [6.07, 6.45) is 0.776. The normalized spacial score (nSPS) is 13.8.